The maximum Gasteiger partial charge on any atom is 0.145 e. The van der Waals surface area contributed by atoms with Crippen LogP contribution in [0.1, 0.15) is 5.56 Å². The first-order valence-electron chi connectivity index (χ1n) is 5.22. The van der Waals surface area contributed by atoms with Crippen LogP contribution in [0.25, 0.3) is 0 Å². The second-order valence-electron chi connectivity index (χ2n) is 3.75. The summed E-state index contributed by atoms with van der Waals surface area (Å²) < 4.78 is 32.4. The lowest BCUT2D eigenvalue weighted by Crippen LogP contribution is -1.92. The molecule has 2 nitrogen and oxygen atoms in total. The van der Waals surface area contributed by atoms with Gasteiger partial charge < -0.3 is 9.84 Å². The molecule has 0 aliphatic carbocycles. The molecule has 0 aliphatic heterocycles. The van der Waals surface area contributed by atoms with Gasteiger partial charge in [0.2, 0.25) is 0 Å². The Morgan fingerprint density at radius 2 is 1.89 bits per heavy atom. The highest BCUT2D eigenvalue weighted by atomic mass is 79.9. The molecule has 2 aromatic carbocycles. The molecule has 0 fully saturated rings. The van der Waals surface area contributed by atoms with Crippen molar-refractivity contribution in [3.05, 3.63) is 57.0 Å². The second-order valence-corrected chi connectivity index (χ2v) is 5.01. The predicted octanol–water partition coefficient (Wildman–Crippen LogP) is 4.67. The molecule has 0 heterocycles. The number of aliphatic hydroxyl groups excluding tert-OH is 1. The Hall–Kier alpha value is -1.17. The zero-order valence-electron chi connectivity index (χ0n) is 9.46. The van der Waals surface area contributed by atoms with Crippen LogP contribution in [0.3, 0.4) is 0 Å². The molecule has 0 aromatic heterocycles. The van der Waals surface area contributed by atoms with Crippen molar-refractivity contribution >= 4 is 27.5 Å². The van der Waals surface area contributed by atoms with Crippen molar-refractivity contribution in [1.29, 1.82) is 0 Å². The third-order valence-electron chi connectivity index (χ3n) is 2.32. The van der Waals surface area contributed by atoms with Gasteiger partial charge in [0.05, 0.1) is 16.1 Å². The number of aliphatic hydroxyl groups is 1. The number of hydrogen-bond donors (Lipinski definition) is 1. The van der Waals surface area contributed by atoms with E-state index in [4.69, 9.17) is 21.4 Å². The normalized spacial score (nSPS) is 10.6. The number of rotatable bonds is 3. The summed E-state index contributed by atoms with van der Waals surface area (Å²) in [6.07, 6.45) is 0. The minimum Gasteiger partial charge on any atom is -0.456 e. The van der Waals surface area contributed by atoms with Gasteiger partial charge in [-0.3, -0.25) is 0 Å². The number of hydrogen-bond acceptors (Lipinski definition) is 2. The zero-order valence-corrected chi connectivity index (χ0v) is 11.8. The fourth-order valence-electron chi connectivity index (χ4n) is 1.48. The molecule has 100 valence electrons. The van der Waals surface area contributed by atoms with Crippen LogP contribution in [0.15, 0.2) is 34.8 Å². The average Bonchev–Trinajstić information content (AvgIpc) is 2.35. The third kappa shape index (κ3) is 3.43. The summed E-state index contributed by atoms with van der Waals surface area (Å²) in [5.41, 5.74) is 0.362. The Morgan fingerprint density at radius 3 is 2.58 bits per heavy atom. The Balaban J connectivity index is 2.36. The molecule has 0 bridgehead atoms. The van der Waals surface area contributed by atoms with Crippen LogP contribution in [-0.2, 0) is 6.61 Å². The molecule has 0 saturated heterocycles. The van der Waals surface area contributed by atoms with E-state index in [0.29, 0.717) is 10.0 Å². The summed E-state index contributed by atoms with van der Waals surface area (Å²) in [6, 6.07) is 6.22. The van der Waals surface area contributed by atoms with E-state index in [1.807, 2.05) is 0 Å². The molecule has 0 unspecified atom stereocenters. The lowest BCUT2D eigenvalue weighted by Gasteiger charge is -2.10. The molecule has 0 spiro atoms. The molecule has 2 rings (SSSR count). The summed E-state index contributed by atoms with van der Waals surface area (Å²) in [4.78, 5) is 0. The maximum atomic E-state index is 13.3. The number of halogens is 4. The van der Waals surface area contributed by atoms with Gasteiger partial charge in [0.1, 0.15) is 23.1 Å². The second kappa shape index (κ2) is 5.86. The van der Waals surface area contributed by atoms with Crippen LogP contribution in [0.5, 0.6) is 11.5 Å². The Morgan fingerprint density at radius 1 is 1.16 bits per heavy atom. The molecule has 2 aromatic rings. The van der Waals surface area contributed by atoms with E-state index in [1.54, 1.807) is 0 Å². The van der Waals surface area contributed by atoms with Gasteiger partial charge >= 0.3 is 0 Å². The van der Waals surface area contributed by atoms with E-state index in [-0.39, 0.29) is 23.1 Å². The monoisotopic (exact) mass is 348 g/mol. The fourth-order valence-corrected chi connectivity index (χ4v) is 2.20. The largest absolute Gasteiger partial charge is 0.456 e. The van der Waals surface area contributed by atoms with Crippen molar-refractivity contribution in [3.63, 3.8) is 0 Å². The van der Waals surface area contributed by atoms with Crippen molar-refractivity contribution in [2.24, 2.45) is 0 Å². The van der Waals surface area contributed by atoms with E-state index in [0.717, 1.165) is 12.1 Å². The number of ether oxygens (including phenoxy) is 1. The van der Waals surface area contributed by atoms with E-state index >= 15 is 0 Å². The third-order valence-corrected chi connectivity index (χ3v) is 3.23. The Kier molecular flexibility index (Phi) is 4.39. The molecular weight excluding hydrogens is 341 g/mol. The molecular formula is C13H8BrClF2O2. The molecule has 6 heteroatoms. The van der Waals surface area contributed by atoms with Crippen LogP contribution in [0.2, 0.25) is 5.02 Å². The van der Waals surface area contributed by atoms with Crippen LogP contribution in [0, 0.1) is 11.6 Å². The standard InChI is InChI=1S/C13H8BrClF2O2/c14-10-4-11(15)12(17)5-13(10)19-9-2-7(6-18)1-8(16)3-9/h1-5,18H,6H2. The summed E-state index contributed by atoms with van der Waals surface area (Å²) in [5.74, 6) is -0.867. The molecule has 0 amide bonds. The number of benzene rings is 2. The summed E-state index contributed by atoms with van der Waals surface area (Å²) in [5, 5.41) is 8.93. The van der Waals surface area contributed by atoms with Crippen LogP contribution in [-0.4, -0.2) is 5.11 Å². The molecule has 1 N–H and O–H groups in total. The van der Waals surface area contributed by atoms with Gasteiger partial charge in [0.15, 0.2) is 0 Å². The minimum atomic E-state index is -0.640. The average molecular weight is 350 g/mol. The first-order valence-corrected chi connectivity index (χ1v) is 6.39. The topological polar surface area (TPSA) is 29.5 Å². The lowest BCUT2D eigenvalue weighted by atomic mass is 10.2. The molecule has 19 heavy (non-hydrogen) atoms. The van der Waals surface area contributed by atoms with Crippen LogP contribution in [0.4, 0.5) is 8.78 Å². The zero-order chi connectivity index (χ0) is 14.0. The van der Waals surface area contributed by atoms with E-state index in [1.165, 1.54) is 18.2 Å². The van der Waals surface area contributed by atoms with Crippen LogP contribution < -0.4 is 4.74 Å². The van der Waals surface area contributed by atoms with Gasteiger partial charge in [-0.05, 0) is 39.7 Å². The highest BCUT2D eigenvalue weighted by Gasteiger charge is 2.10. The lowest BCUT2D eigenvalue weighted by molar-refractivity contribution is 0.280. The highest BCUT2D eigenvalue weighted by Crippen LogP contribution is 2.34. The quantitative estimate of drug-likeness (QED) is 0.816. The van der Waals surface area contributed by atoms with Crippen molar-refractivity contribution in [1.82, 2.24) is 0 Å². The van der Waals surface area contributed by atoms with Gasteiger partial charge in [-0.2, -0.15) is 0 Å². The van der Waals surface area contributed by atoms with E-state index < -0.39 is 11.6 Å². The Labute approximate surface area is 121 Å². The van der Waals surface area contributed by atoms with Gasteiger partial charge in [-0.1, -0.05) is 11.6 Å². The minimum absolute atomic E-state index is 0.0467. The summed E-state index contributed by atoms with van der Waals surface area (Å²) in [6.45, 7) is -0.315. The van der Waals surface area contributed by atoms with Crippen molar-refractivity contribution in [3.8, 4) is 11.5 Å². The molecule has 0 saturated carbocycles. The van der Waals surface area contributed by atoms with Gasteiger partial charge in [-0.15, -0.1) is 0 Å². The highest BCUT2D eigenvalue weighted by molar-refractivity contribution is 9.10. The molecule has 0 aliphatic rings. The molecule has 0 atom stereocenters. The van der Waals surface area contributed by atoms with Gasteiger partial charge in [-0.25, -0.2) is 8.78 Å². The van der Waals surface area contributed by atoms with Crippen LogP contribution >= 0.6 is 27.5 Å². The Bertz CT molecular complexity index is 620. The van der Waals surface area contributed by atoms with E-state index in [9.17, 15) is 8.78 Å². The van der Waals surface area contributed by atoms with Crippen molar-refractivity contribution in [2.45, 2.75) is 6.61 Å². The van der Waals surface area contributed by atoms with Gasteiger partial charge in [0, 0.05) is 12.1 Å². The predicted molar refractivity (Wildman–Crippen MR) is 71.5 cm³/mol. The van der Waals surface area contributed by atoms with Crippen molar-refractivity contribution < 1.29 is 18.6 Å². The first kappa shape index (κ1) is 14.2. The van der Waals surface area contributed by atoms with Gasteiger partial charge in [0.25, 0.3) is 0 Å². The smallest absolute Gasteiger partial charge is 0.145 e. The summed E-state index contributed by atoms with van der Waals surface area (Å²) >= 11 is 8.78. The van der Waals surface area contributed by atoms with Crippen molar-refractivity contribution in [2.75, 3.05) is 0 Å². The SMILES string of the molecule is OCc1cc(F)cc(Oc2cc(F)c(Cl)cc2Br)c1. The maximum absolute atomic E-state index is 13.3. The van der Waals surface area contributed by atoms with E-state index in [2.05, 4.69) is 15.9 Å². The first-order chi connectivity index (χ1) is 8.99. The fraction of sp³-hybridized carbons (Fsp3) is 0.0769. The molecule has 0 radical (unpaired) electrons. The summed E-state index contributed by atoms with van der Waals surface area (Å²) in [7, 11) is 0.